The summed E-state index contributed by atoms with van der Waals surface area (Å²) in [6.45, 7) is 1.45. The molecule has 2 atom stereocenters. The SMILES string of the molecule is N#CC1CN(S(=O)(=O)N2CCCC(C(=O)OC(=O)[C@H]3CCCN3)C2)C1. The van der Waals surface area contributed by atoms with Gasteiger partial charge in [-0.05, 0) is 32.2 Å². The molecule has 3 saturated heterocycles. The fraction of sp³-hybridized carbons (Fsp3) is 0.800. The maximum Gasteiger partial charge on any atom is 0.330 e. The Labute approximate surface area is 147 Å². The number of nitrogens with zero attached hydrogens (tertiary/aromatic N) is 3. The number of hydrogen-bond acceptors (Lipinski definition) is 7. The quantitative estimate of drug-likeness (QED) is 0.509. The Morgan fingerprint density at radius 2 is 1.84 bits per heavy atom. The van der Waals surface area contributed by atoms with Crippen molar-refractivity contribution < 1.29 is 22.7 Å². The van der Waals surface area contributed by atoms with Crippen LogP contribution in [0.25, 0.3) is 0 Å². The molecule has 1 N–H and O–H groups in total. The van der Waals surface area contributed by atoms with Gasteiger partial charge >= 0.3 is 11.9 Å². The van der Waals surface area contributed by atoms with Crippen LogP contribution in [0, 0.1) is 23.2 Å². The minimum absolute atomic E-state index is 0.0141. The first-order valence-corrected chi connectivity index (χ1v) is 9.95. The molecule has 3 rings (SSSR count). The van der Waals surface area contributed by atoms with Crippen molar-refractivity contribution in [1.29, 1.82) is 5.26 Å². The van der Waals surface area contributed by atoms with E-state index in [1.807, 2.05) is 6.07 Å². The zero-order chi connectivity index (χ0) is 18.0. The van der Waals surface area contributed by atoms with Crippen molar-refractivity contribution in [2.24, 2.45) is 11.8 Å². The number of carbonyl (C=O) groups excluding carboxylic acids is 2. The summed E-state index contributed by atoms with van der Waals surface area (Å²) in [5, 5.41) is 11.8. The van der Waals surface area contributed by atoms with Gasteiger partial charge in [-0.2, -0.15) is 22.3 Å². The molecule has 0 aliphatic carbocycles. The average molecular weight is 370 g/mol. The number of ether oxygens (including phenoxy) is 1. The molecule has 0 amide bonds. The van der Waals surface area contributed by atoms with E-state index < -0.39 is 34.1 Å². The Balaban J connectivity index is 1.56. The Hall–Kier alpha value is -1.54. The van der Waals surface area contributed by atoms with Crippen LogP contribution in [-0.2, 0) is 24.5 Å². The van der Waals surface area contributed by atoms with Crippen molar-refractivity contribution >= 4 is 22.1 Å². The molecular weight excluding hydrogens is 348 g/mol. The summed E-state index contributed by atoms with van der Waals surface area (Å²) in [5.74, 6) is -2.14. The summed E-state index contributed by atoms with van der Waals surface area (Å²) in [6, 6.07) is 1.59. The maximum atomic E-state index is 12.5. The topological polar surface area (TPSA) is 120 Å². The van der Waals surface area contributed by atoms with Gasteiger partial charge < -0.3 is 10.1 Å². The largest absolute Gasteiger partial charge is 0.392 e. The average Bonchev–Trinajstić information content (AvgIpc) is 3.08. The van der Waals surface area contributed by atoms with E-state index in [0.717, 1.165) is 13.0 Å². The van der Waals surface area contributed by atoms with Crippen LogP contribution >= 0.6 is 0 Å². The molecule has 9 nitrogen and oxygen atoms in total. The second-order valence-electron chi connectivity index (χ2n) is 6.74. The Bertz CT molecular complexity index is 677. The molecule has 0 aromatic rings. The van der Waals surface area contributed by atoms with Crippen molar-refractivity contribution in [2.75, 3.05) is 32.7 Å². The molecule has 0 saturated carbocycles. The molecule has 0 spiro atoms. The number of nitrogens with one attached hydrogen (secondary N) is 1. The fourth-order valence-corrected chi connectivity index (χ4v) is 5.15. The van der Waals surface area contributed by atoms with E-state index in [1.165, 1.54) is 8.61 Å². The molecule has 3 aliphatic heterocycles. The lowest BCUT2D eigenvalue weighted by atomic mass is 10.00. The molecule has 0 aromatic heterocycles. The molecule has 3 aliphatic rings. The molecule has 1 unspecified atom stereocenters. The van der Waals surface area contributed by atoms with Crippen LogP contribution in [0.5, 0.6) is 0 Å². The van der Waals surface area contributed by atoms with Gasteiger partial charge in [0.15, 0.2) is 0 Å². The van der Waals surface area contributed by atoms with Gasteiger partial charge in [-0.1, -0.05) is 0 Å². The number of hydrogen-bond donors (Lipinski definition) is 1. The van der Waals surface area contributed by atoms with Crippen LogP contribution in [0.4, 0.5) is 0 Å². The van der Waals surface area contributed by atoms with Gasteiger partial charge in [-0.15, -0.1) is 0 Å². The van der Waals surface area contributed by atoms with Gasteiger partial charge in [0.2, 0.25) is 0 Å². The van der Waals surface area contributed by atoms with Crippen molar-refractivity contribution in [3.05, 3.63) is 0 Å². The number of nitriles is 1. The third-order valence-corrected chi connectivity index (χ3v) is 6.88. The van der Waals surface area contributed by atoms with E-state index in [2.05, 4.69) is 5.32 Å². The maximum absolute atomic E-state index is 12.5. The van der Waals surface area contributed by atoms with E-state index >= 15 is 0 Å². The number of carbonyl (C=O) groups is 2. The summed E-state index contributed by atoms with van der Waals surface area (Å²) in [4.78, 5) is 24.2. The second kappa shape index (κ2) is 7.37. The van der Waals surface area contributed by atoms with Crippen LogP contribution in [0.1, 0.15) is 25.7 Å². The minimum Gasteiger partial charge on any atom is -0.392 e. The van der Waals surface area contributed by atoms with Crippen molar-refractivity contribution in [3.8, 4) is 6.07 Å². The first-order chi connectivity index (χ1) is 11.9. The van der Waals surface area contributed by atoms with Crippen molar-refractivity contribution in [1.82, 2.24) is 13.9 Å². The van der Waals surface area contributed by atoms with Crippen molar-refractivity contribution in [2.45, 2.75) is 31.7 Å². The van der Waals surface area contributed by atoms with E-state index in [1.54, 1.807) is 0 Å². The molecule has 138 valence electrons. The normalized spacial score (nSPS) is 28.9. The highest BCUT2D eigenvalue weighted by molar-refractivity contribution is 7.86. The standard InChI is InChI=1S/C15H22N4O5S/c16-7-11-8-19(9-11)25(22,23)18-6-2-3-12(10-18)14(20)24-15(21)13-4-1-5-17-13/h11-13,17H,1-6,8-10H2/t12?,13-/m1/s1. The molecule has 0 aromatic carbocycles. The van der Waals surface area contributed by atoms with Crippen LogP contribution < -0.4 is 5.32 Å². The third kappa shape index (κ3) is 3.84. The van der Waals surface area contributed by atoms with Gasteiger partial charge in [-0.3, -0.25) is 4.79 Å². The highest BCUT2D eigenvalue weighted by Crippen LogP contribution is 2.26. The number of esters is 2. The number of rotatable bonds is 4. The van der Waals surface area contributed by atoms with Crippen LogP contribution in [-0.4, -0.2) is 67.7 Å². The highest BCUT2D eigenvalue weighted by Gasteiger charge is 2.42. The van der Waals surface area contributed by atoms with E-state index in [9.17, 15) is 18.0 Å². The Kier molecular flexibility index (Phi) is 5.38. The summed E-state index contributed by atoms with van der Waals surface area (Å²) in [7, 11) is -3.67. The first-order valence-electron chi connectivity index (χ1n) is 8.55. The van der Waals surface area contributed by atoms with Gasteiger partial charge in [0.05, 0.1) is 17.9 Å². The molecular formula is C15H22N4O5S. The molecule has 10 heteroatoms. The predicted molar refractivity (Wildman–Crippen MR) is 86.0 cm³/mol. The zero-order valence-corrected chi connectivity index (χ0v) is 14.7. The van der Waals surface area contributed by atoms with E-state index in [0.29, 0.717) is 25.8 Å². The predicted octanol–water partition coefficient (Wildman–Crippen LogP) is -0.780. The summed E-state index contributed by atoms with van der Waals surface area (Å²) >= 11 is 0. The molecule has 25 heavy (non-hydrogen) atoms. The van der Waals surface area contributed by atoms with Gasteiger partial charge in [0, 0.05) is 26.2 Å². The van der Waals surface area contributed by atoms with Crippen LogP contribution in [0.2, 0.25) is 0 Å². The molecule has 3 fully saturated rings. The third-order valence-electron chi connectivity index (χ3n) is 4.95. The summed E-state index contributed by atoms with van der Waals surface area (Å²) in [6.07, 6.45) is 2.54. The lowest BCUT2D eigenvalue weighted by Crippen LogP contribution is -2.56. The Morgan fingerprint density at radius 3 is 2.48 bits per heavy atom. The first kappa shape index (κ1) is 18.3. The lowest BCUT2D eigenvalue weighted by molar-refractivity contribution is -0.164. The monoisotopic (exact) mass is 370 g/mol. The summed E-state index contributed by atoms with van der Waals surface area (Å²) < 4.78 is 32.5. The molecule has 3 heterocycles. The minimum atomic E-state index is -3.67. The summed E-state index contributed by atoms with van der Waals surface area (Å²) in [5.41, 5.74) is 0. The van der Waals surface area contributed by atoms with E-state index in [-0.39, 0.29) is 25.6 Å². The van der Waals surface area contributed by atoms with Crippen LogP contribution in [0.3, 0.4) is 0 Å². The highest BCUT2D eigenvalue weighted by atomic mass is 32.2. The smallest absolute Gasteiger partial charge is 0.330 e. The van der Waals surface area contributed by atoms with E-state index in [4.69, 9.17) is 10.00 Å². The van der Waals surface area contributed by atoms with Gasteiger partial charge in [0.25, 0.3) is 10.2 Å². The van der Waals surface area contributed by atoms with Crippen LogP contribution in [0.15, 0.2) is 0 Å². The fourth-order valence-electron chi connectivity index (χ4n) is 3.36. The number of piperidine rings is 1. The van der Waals surface area contributed by atoms with Crippen molar-refractivity contribution in [3.63, 3.8) is 0 Å². The molecule has 0 bridgehead atoms. The van der Waals surface area contributed by atoms with Gasteiger partial charge in [-0.25, -0.2) is 4.79 Å². The molecule has 0 radical (unpaired) electrons. The Morgan fingerprint density at radius 1 is 1.08 bits per heavy atom. The zero-order valence-electron chi connectivity index (χ0n) is 13.9. The second-order valence-corrected chi connectivity index (χ2v) is 8.67. The lowest BCUT2D eigenvalue weighted by Gasteiger charge is -2.40. The van der Waals surface area contributed by atoms with Gasteiger partial charge in [0.1, 0.15) is 6.04 Å².